The van der Waals surface area contributed by atoms with Crippen LogP contribution in [0.1, 0.15) is 28.4 Å². The molecule has 102 valence electrons. The van der Waals surface area contributed by atoms with E-state index in [0.29, 0.717) is 5.92 Å². The lowest BCUT2D eigenvalue weighted by Crippen LogP contribution is -2.09. The molecule has 0 saturated heterocycles. The summed E-state index contributed by atoms with van der Waals surface area (Å²) in [5, 5.41) is 6.08. The van der Waals surface area contributed by atoms with E-state index in [0.717, 1.165) is 28.2 Å². The Kier molecular flexibility index (Phi) is 4.69. The van der Waals surface area contributed by atoms with Crippen molar-refractivity contribution in [3.05, 3.63) is 51.8 Å². The topological polar surface area (TPSA) is 17.8 Å². The van der Waals surface area contributed by atoms with Crippen LogP contribution in [0, 0.1) is 13.8 Å². The minimum atomic E-state index is 0.409. The predicted molar refractivity (Wildman–Crippen MR) is 84.4 cm³/mol. The van der Waals surface area contributed by atoms with Gasteiger partial charge in [0.25, 0.3) is 0 Å². The van der Waals surface area contributed by atoms with Gasteiger partial charge in [0.05, 0.1) is 16.4 Å². The third kappa shape index (κ3) is 3.21. The summed E-state index contributed by atoms with van der Waals surface area (Å²) < 4.78 is 1.89. The molecule has 1 aromatic carbocycles. The molecule has 2 rings (SSSR count). The number of benzene rings is 1. The number of aromatic nitrogens is 2. The van der Waals surface area contributed by atoms with Crippen LogP contribution in [0.4, 0.5) is 0 Å². The summed E-state index contributed by atoms with van der Waals surface area (Å²) in [6.07, 6.45) is 0.894. The maximum atomic E-state index is 6.34. The second-order valence-corrected chi connectivity index (χ2v) is 5.96. The lowest BCUT2D eigenvalue weighted by atomic mass is 9.95. The molecule has 1 atom stereocenters. The van der Waals surface area contributed by atoms with Gasteiger partial charge in [-0.25, -0.2) is 0 Å². The predicted octanol–water partition coefficient (Wildman–Crippen LogP) is 4.41. The van der Waals surface area contributed by atoms with E-state index in [1.165, 1.54) is 11.1 Å². The Labute approximate surface area is 127 Å². The number of halogens is 2. The van der Waals surface area contributed by atoms with Gasteiger partial charge in [-0.2, -0.15) is 5.10 Å². The monoisotopic (exact) mass is 340 g/mol. The number of hydrogen-bond donors (Lipinski definition) is 0. The minimum absolute atomic E-state index is 0.409. The van der Waals surface area contributed by atoms with Crippen LogP contribution in [-0.4, -0.2) is 15.1 Å². The van der Waals surface area contributed by atoms with E-state index in [-0.39, 0.29) is 0 Å². The third-order valence-corrected chi connectivity index (χ3v) is 4.67. The Hall–Kier alpha value is -0.800. The van der Waals surface area contributed by atoms with Crippen LogP contribution in [-0.2, 0) is 13.5 Å². The molecule has 0 fully saturated rings. The van der Waals surface area contributed by atoms with E-state index in [4.69, 9.17) is 11.6 Å². The summed E-state index contributed by atoms with van der Waals surface area (Å²) in [6, 6.07) is 8.64. The van der Waals surface area contributed by atoms with Crippen molar-refractivity contribution in [3.63, 3.8) is 0 Å². The van der Waals surface area contributed by atoms with Gasteiger partial charge in [-0.15, -0.1) is 0 Å². The van der Waals surface area contributed by atoms with Crippen LogP contribution < -0.4 is 0 Å². The molecule has 0 aliphatic carbocycles. The molecular weight excluding hydrogens is 324 g/mol. The van der Waals surface area contributed by atoms with E-state index in [1.807, 2.05) is 18.7 Å². The summed E-state index contributed by atoms with van der Waals surface area (Å²) >= 11 is 9.95. The number of hydrogen-bond acceptors (Lipinski definition) is 1. The average molecular weight is 342 g/mol. The van der Waals surface area contributed by atoms with Crippen LogP contribution in [0.15, 0.2) is 24.3 Å². The fraction of sp³-hybridized carbons (Fsp3) is 0.400. The Bertz CT molecular complexity index is 578. The van der Waals surface area contributed by atoms with Crippen molar-refractivity contribution in [1.29, 1.82) is 0 Å². The Morgan fingerprint density at radius 1 is 1.37 bits per heavy atom. The zero-order valence-corrected chi connectivity index (χ0v) is 13.8. The van der Waals surface area contributed by atoms with E-state index >= 15 is 0 Å². The maximum absolute atomic E-state index is 6.34. The average Bonchev–Trinajstić information content (AvgIpc) is 2.61. The first-order valence-electron chi connectivity index (χ1n) is 6.33. The fourth-order valence-electron chi connectivity index (χ4n) is 2.32. The first-order chi connectivity index (χ1) is 9.02. The molecule has 19 heavy (non-hydrogen) atoms. The zero-order chi connectivity index (χ0) is 14.0. The molecule has 0 saturated carbocycles. The third-order valence-electron chi connectivity index (χ3n) is 3.40. The van der Waals surface area contributed by atoms with Crippen molar-refractivity contribution in [2.24, 2.45) is 7.05 Å². The smallest absolute Gasteiger partial charge is 0.0847 e. The summed E-state index contributed by atoms with van der Waals surface area (Å²) in [4.78, 5) is 0. The highest BCUT2D eigenvalue weighted by Crippen LogP contribution is 2.28. The largest absolute Gasteiger partial charge is 0.271 e. The van der Waals surface area contributed by atoms with E-state index in [2.05, 4.69) is 52.2 Å². The highest BCUT2D eigenvalue weighted by atomic mass is 79.9. The van der Waals surface area contributed by atoms with Gasteiger partial charge in [0, 0.05) is 12.4 Å². The molecule has 1 aromatic heterocycles. The highest BCUT2D eigenvalue weighted by Gasteiger charge is 2.17. The van der Waals surface area contributed by atoms with Gasteiger partial charge >= 0.3 is 0 Å². The lowest BCUT2D eigenvalue weighted by molar-refractivity contribution is 0.660. The molecule has 0 aliphatic rings. The van der Waals surface area contributed by atoms with Crippen molar-refractivity contribution in [2.75, 3.05) is 5.33 Å². The molecule has 0 aliphatic heterocycles. The Morgan fingerprint density at radius 3 is 2.63 bits per heavy atom. The number of nitrogens with zero attached hydrogens (tertiary/aromatic N) is 2. The van der Waals surface area contributed by atoms with Gasteiger partial charge in [-0.3, -0.25) is 4.68 Å². The van der Waals surface area contributed by atoms with Gasteiger partial charge in [0.2, 0.25) is 0 Å². The van der Waals surface area contributed by atoms with Crippen molar-refractivity contribution in [3.8, 4) is 0 Å². The first-order valence-corrected chi connectivity index (χ1v) is 7.83. The normalized spacial score (nSPS) is 12.7. The number of rotatable bonds is 4. The molecule has 4 heteroatoms. The Morgan fingerprint density at radius 2 is 2.11 bits per heavy atom. The number of alkyl halides is 1. The van der Waals surface area contributed by atoms with Gasteiger partial charge in [0.15, 0.2) is 0 Å². The molecule has 0 spiro atoms. The van der Waals surface area contributed by atoms with Crippen molar-refractivity contribution >= 4 is 27.5 Å². The quantitative estimate of drug-likeness (QED) is 0.753. The van der Waals surface area contributed by atoms with E-state index < -0.39 is 0 Å². The van der Waals surface area contributed by atoms with Crippen LogP contribution >= 0.6 is 27.5 Å². The molecule has 0 bridgehead atoms. The maximum Gasteiger partial charge on any atom is 0.0847 e. The van der Waals surface area contributed by atoms with Gasteiger partial charge in [-0.1, -0.05) is 57.4 Å². The lowest BCUT2D eigenvalue weighted by Gasteiger charge is -2.15. The van der Waals surface area contributed by atoms with Crippen LogP contribution in [0.25, 0.3) is 0 Å². The summed E-state index contributed by atoms with van der Waals surface area (Å²) in [5.41, 5.74) is 4.63. The van der Waals surface area contributed by atoms with Crippen molar-refractivity contribution in [2.45, 2.75) is 26.2 Å². The van der Waals surface area contributed by atoms with E-state index in [9.17, 15) is 0 Å². The highest BCUT2D eigenvalue weighted by molar-refractivity contribution is 9.09. The van der Waals surface area contributed by atoms with Crippen molar-refractivity contribution in [1.82, 2.24) is 9.78 Å². The molecule has 2 nitrogen and oxygen atoms in total. The van der Waals surface area contributed by atoms with E-state index in [1.54, 1.807) is 0 Å². The standard InChI is InChI=1S/C15H18BrClN2/c1-10-5-4-6-12(7-10)13(9-16)8-14-15(17)11(2)18-19(14)3/h4-7,13H,8-9H2,1-3H3. The summed E-state index contributed by atoms with van der Waals surface area (Å²) in [5.74, 6) is 0.409. The van der Waals surface area contributed by atoms with Crippen LogP contribution in [0.3, 0.4) is 0 Å². The molecule has 1 heterocycles. The molecule has 0 amide bonds. The zero-order valence-electron chi connectivity index (χ0n) is 11.5. The van der Waals surface area contributed by atoms with Crippen LogP contribution in [0.5, 0.6) is 0 Å². The van der Waals surface area contributed by atoms with Crippen LogP contribution in [0.2, 0.25) is 5.02 Å². The molecule has 2 aromatic rings. The van der Waals surface area contributed by atoms with Gasteiger partial charge in [0.1, 0.15) is 0 Å². The second kappa shape index (κ2) is 6.10. The molecule has 0 radical (unpaired) electrons. The fourth-order valence-corrected chi connectivity index (χ4v) is 3.16. The SMILES string of the molecule is Cc1cccc(C(CBr)Cc2c(Cl)c(C)nn2C)c1. The molecule has 1 unspecified atom stereocenters. The minimum Gasteiger partial charge on any atom is -0.271 e. The molecule has 0 N–H and O–H groups in total. The first kappa shape index (κ1) is 14.6. The van der Waals surface area contributed by atoms with Gasteiger partial charge in [-0.05, 0) is 31.7 Å². The van der Waals surface area contributed by atoms with Gasteiger partial charge < -0.3 is 0 Å². The number of aryl methyl sites for hydroxylation is 3. The van der Waals surface area contributed by atoms with Crippen molar-refractivity contribution < 1.29 is 0 Å². The Balaban J connectivity index is 2.29. The summed E-state index contributed by atoms with van der Waals surface area (Å²) in [7, 11) is 1.95. The molecular formula is C15H18BrClN2. The summed E-state index contributed by atoms with van der Waals surface area (Å²) in [6.45, 7) is 4.07. The second-order valence-electron chi connectivity index (χ2n) is 4.94.